The summed E-state index contributed by atoms with van der Waals surface area (Å²) in [5.41, 5.74) is 2.42. The van der Waals surface area contributed by atoms with Crippen LogP contribution in [0.1, 0.15) is 24.0 Å². The van der Waals surface area contributed by atoms with Crippen LogP contribution in [0.15, 0.2) is 47.4 Å². The fourth-order valence-corrected chi connectivity index (χ4v) is 4.10. The highest BCUT2D eigenvalue weighted by molar-refractivity contribution is 7.89. The van der Waals surface area contributed by atoms with Gasteiger partial charge in [-0.3, -0.25) is 0 Å². The van der Waals surface area contributed by atoms with Gasteiger partial charge in [0.05, 0.1) is 12.0 Å². The van der Waals surface area contributed by atoms with Gasteiger partial charge in [0.1, 0.15) is 6.61 Å². The van der Waals surface area contributed by atoms with Gasteiger partial charge < -0.3 is 9.47 Å². The second-order valence-electron chi connectivity index (χ2n) is 6.03. The second-order valence-corrected chi connectivity index (χ2v) is 7.80. The molecule has 1 N–H and O–H groups in total. The minimum atomic E-state index is -3.53. The number of fused-ring (bicyclic) bond motifs is 1. The number of rotatable bonds is 7. The summed E-state index contributed by atoms with van der Waals surface area (Å²) in [6.45, 7) is 0.419. The van der Waals surface area contributed by atoms with Crippen molar-refractivity contribution in [3.63, 3.8) is 0 Å². The normalized spacial score (nSPS) is 14.0. The maximum Gasteiger partial charge on any atom is 0.240 e. The smallest absolute Gasteiger partial charge is 0.240 e. The first-order valence-corrected chi connectivity index (χ1v) is 9.96. The highest BCUT2D eigenvalue weighted by Gasteiger charge is 2.17. The number of methoxy groups -OCH3 is 1. The molecule has 0 fully saturated rings. The zero-order chi connectivity index (χ0) is 17.7. The Morgan fingerprint density at radius 1 is 1.00 bits per heavy atom. The number of hydrogen-bond donors (Lipinski definition) is 1. The monoisotopic (exact) mass is 361 g/mol. The number of benzene rings is 2. The Bertz CT molecular complexity index is 833. The molecule has 0 bridgehead atoms. The number of sulfonamides is 1. The van der Waals surface area contributed by atoms with Crippen LogP contribution in [0.2, 0.25) is 0 Å². The number of nitrogens with one attached hydrogen (secondary N) is 1. The molecule has 0 unspecified atom stereocenters. The van der Waals surface area contributed by atoms with Crippen LogP contribution >= 0.6 is 0 Å². The molecule has 1 aliphatic carbocycles. The number of aryl methyl sites for hydroxylation is 2. The summed E-state index contributed by atoms with van der Waals surface area (Å²) < 4.78 is 38.3. The summed E-state index contributed by atoms with van der Waals surface area (Å²) in [6.07, 6.45) is 4.29. The summed E-state index contributed by atoms with van der Waals surface area (Å²) in [5, 5.41) is 0. The van der Waals surface area contributed by atoms with Crippen LogP contribution in [-0.2, 0) is 22.9 Å². The topological polar surface area (TPSA) is 64.6 Å². The highest BCUT2D eigenvalue weighted by Crippen LogP contribution is 2.26. The number of para-hydroxylation sites is 2. The van der Waals surface area contributed by atoms with Gasteiger partial charge in [-0.05, 0) is 61.1 Å². The van der Waals surface area contributed by atoms with E-state index in [2.05, 4.69) is 4.72 Å². The molecule has 0 atom stereocenters. The third-order valence-corrected chi connectivity index (χ3v) is 5.81. The highest BCUT2D eigenvalue weighted by atomic mass is 32.2. The Kier molecular flexibility index (Phi) is 5.60. The maximum absolute atomic E-state index is 12.5. The van der Waals surface area contributed by atoms with Gasteiger partial charge in [-0.1, -0.05) is 18.2 Å². The van der Waals surface area contributed by atoms with Crippen LogP contribution in [0, 0.1) is 0 Å². The molecule has 0 heterocycles. The van der Waals surface area contributed by atoms with Crippen molar-refractivity contribution in [3.8, 4) is 11.5 Å². The van der Waals surface area contributed by atoms with Crippen molar-refractivity contribution in [2.45, 2.75) is 30.6 Å². The standard InChI is InChI=1S/C19H23NO4S/c1-23-18-8-4-5-9-19(18)24-13-12-20-25(21,22)17-11-10-15-6-2-3-7-16(15)14-17/h4-5,8-11,14,20H,2-3,6-7,12-13H2,1H3. The average molecular weight is 361 g/mol. The van der Waals surface area contributed by atoms with Crippen molar-refractivity contribution in [1.29, 1.82) is 0 Å². The van der Waals surface area contributed by atoms with Gasteiger partial charge in [0, 0.05) is 6.54 Å². The lowest BCUT2D eigenvalue weighted by Gasteiger charge is -2.17. The summed E-state index contributed by atoms with van der Waals surface area (Å²) in [5.74, 6) is 1.22. The number of hydrogen-bond acceptors (Lipinski definition) is 4. The van der Waals surface area contributed by atoms with Gasteiger partial charge in [0.15, 0.2) is 11.5 Å². The van der Waals surface area contributed by atoms with Crippen LogP contribution in [0.4, 0.5) is 0 Å². The summed E-state index contributed by atoms with van der Waals surface area (Å²) >= 11 is 0. The van der Waals surface area contributed by atoms with Crippen LogP contribution in [-0.4, -0.2) is 28.7 Å². The summed E-state index contributed by atoms with van der Waals surface area (Å²) in [6, 6.07) is 12.7. The lowest BCUT2D eigenvalue weighted by atomic mass is 9.92. The first kappa shape index (κ1) is 17.8. The summed E-state index contributed by atoms with van der Waals surface area (Å²) in [4.78, 5) is 0.324. The van der Waals surface area contributed by atoms with Crippen molar-refractivity contribution >= 4 is 10.0 Å². The van der Waals surface area contributed by atoms with Crippen molar-refractivity contribution in [1.82, 2.24) is 4.72 Å². The zero-order valence-electron chi connectivity index (χ0n) is 14.3. The molecule has 0 spiro atoms. The van der Waals surface area contributed by atoms with Crippen LogP contribution in [0.5, 0.6) is 11.5 Å². The molecule has 0 aromatic heterocycles. The van der Waals surface area contributed by atoms with Crippen LogP contribution < -0.4 is 14.2 Å². The van der Waals surface area contributed by atoms with E-state index in [4.69, 9.17) is 9.47 Å². The predicted molar refractivity (Wildman–Crippen MR) is 96.8 cm³/mol. The first-order valence-electron chi connectivity index (χ1n) is 8.47. The van der Waals surface area contributed by atoms with Gasteiger partial charge in [-0.2, -0.15) is 0 Å². The Labute approximate surface area is 149 Å². The third kappa shape index (κ3) is 4.32. The molecule has 0 aliphatic heterocycles. The lowest BCUT2D eigenvalue weighted by molar-refractivity contribution is 0.298. The molecular formula is C19H23NO4S. The molecule has 5 nitrogen and oxygen atoms in total. The molecule has 25 heavy (non-hydrogen) atoms. The fourth-order valence-electron chi connectivity index (χ4n) is 3.04. The van der Waals surface area contributed by atoms with Gasteiger partial charge in [-0.25, -0.2) is 13.1 Å². The predicted octanol–water partition coefficient (Wildman–Crippen LogP) is 2.93. The van der Waals surface area contributed by atoms with E-state index in [0.717, 1.165) is 24.8 Å². The molecule has 0 saturated carbocycles. The van der Waals surface area contributed by atoms with Crippen molar-refractivity contribution in [2.24, 2.45) is 0 Å². The van der Waals surface area contributed by atoms with Crippen LogP contribution in [0.25, 0.3) is 0 Å². The van der Waals surface area contributed by atoms with Crippen molar-refractivity contribution < 1.29 is 17.9 Å². The quantitative estimate of drug-likeness (QED) is 0.770. The zero-order valence-corrected chi connectivity index (χ0v) is 15.1. The van der Waals surface area contributed by atoms with Gasteiger partial charge in [0.25, 0.3) is 0 Å². The minimum Gasteiger partial charge on any atom is -0.493 e. The Hall–Kier alpha value is -2.05. The van der Waals surface area contributed by atoms with E-state index in [1.54, 1.807) is 31.4 Å². The molecular weight excluding hydrogens is 338 g/mol. The largest absolute Gasteiger partial charge is 0.493 e. The van der Waals surface area contributed by atoms with Crippen LogP contribution in [0.3, 0.4) is 0 Å². The van der Waals surface area contributed by atoms with E-state index in [1.165, 1.54) is 12.0 Å². The Balaban J connectivity index is 1.59. The molecule has 134 valence electrons. The second kappa shape index (κ2) is 7.89. The Morgan fingerprint density at radius 3 is 2.48 bits per heavy atom. The van der Waals surface area contributed by atoms with E-state index >= 15 is 0 Å². The molecule has 1 aliphatic rings. The fraction of sp³-hybridized carbons (Fsp3) is 0.368. The van der Waals surface area contributed by atoms with E-state index < -0.39 is 10.0 Å². The van der Waals surface area contributed by atoms with E-state index in [-0.39, 0.29) is 13.2 Å². The molecule has 3 rings (SSSR count). The van der Waals surface area contributed by atoms with Gasteiger partial charge >= 0.3 is 0 Å². The molecule has 0 saturated heterocycles. The van der Waals surface area contributed by atoms with Crippen molar-refractivity contribution in [3.05, 3.63) is 53.6 Å². The van der Waals surface area contributed by atoms with E-state index in [1.807, 2.05) is 18.2 Å². The Morgan fingerprint density at radius 2 is 1.72 bits per heavy atom. The molecule has 2 aromatic carbocycles. The van der Waals surface area contributed by atoms with Gasteiger partial charge in [-0.15, -0.1) is 0 Å². The molecule has 6 heteroatoms. The average Bonchev–Trinajstić information content (AvgIpc) is 2.65. The maximum atomic E-state index is 12.5. The summed E-state index contributed by atoms with van der Waals surface area (Å²) in [7, 11) is -1.95. The lowest BCUT2D eigenvalue weighted by Crippen LogP contribution is -2.28. The van der Waals surface area contributed by atoms with E-state index in [9.17, 15) is 8.42 Å². The van der Waals surface area contributed by atoms with E-state index in [0.29, 0.717) is 16.4 Å². The number of ether oxygens (including phenoxy) is 2. The molecule has 0 radical (unpaired) electrons. The molecule has 2 aromatic rings. The SMILES string of the molecule is COc1ccccc1OCCNS(=O)(=O)c1ccc2c(c1)CCCC2. The minimum absolute atomic E-state index is 0.192. The molecule has 0 amide bonds. The third-order valence-electron chi connectivity index (χ3n) is 4.35. The van der Waals surface area contributed by atoms with Crippen molar-refractivity contribution in [2.75, 3.05) is 20.3 Å². The van der Waals surface area contributed by atoms with Gasteiger partial charge in [0.2, 0.25) is 10.0 Å². The first-order chi connectivity index (χ1) is 12.1.